The number of thioether (sulfide) groups is 1. The van der Waals surface area contributed by atoms with Crippen molar-refractivity contribution in [1.29, 1.82) is 0 Å². The van der Waals surface area contributed by atoms with Crippen molar-refractivity contribution in [3.8, 4) is 11.5 Å². The van der Waals surface area contributed by atoms with E-state index in [1.807, 2.05) is 37.3 Å². The lowest BCUT2D eigenvalue weighted by Gasteiger charge is -2.13. The second-order valence-corrected chi connectivity index (χ2v) is 6.90. The van der Waals surface area contributed by atoms with Crippen LogP contribution in [0.3, 0.4) is 0 Å². The van der Waals surface area contributed by atoms with Gasteiger partial charge in [0.15, 0.2) is 6.61 Å². The molecule has 2 rings (SSSR count). The molecule has 0 saturated heterocycles. The summed E-state index contributed by atoms with van der Waals surface area (Å²) in [6, 6.07) is 14.5. The molecular formula is C19H21NO5S. The van der Waals surface area contributed by atoms with Crippen molar-refractivity contribution in [2.24, 2.45) is 0 Å². The summed E-state index contributed by atoms with van der Waals surface area (Å²) >= 11 is 1.46. The van der Waals surface area contributed by atoms with Crippen LogP contribution in [-0.4, -0.2) is 35.9 Å². The summed E-state index contributed by atoms with van der Waals surface area (Å²) in [6.45, 7) is 1.79. The molecule has 6 nitrogen and oxygen atoms in total. The van der Waals surface area contributed by atoms with E-state index in [-0.39, 0.29) is 11.2 Å². The van der Waals surface area contributed by atoms with E-state index in [1.165, 1.54) is 11.8 Å². The number of methoxy groups -OCH3 is 1. The van der Waals surface area contributed by atoms with Crippen LogP contribution in [-0.2, 0) is 16.1 Å². The van der Waals surface area contributed by atoms with Crippen LogP contribution in [0.25, 0.3) is 0 Å². The van der Waals surface area contributed by atoms with E-state index in [1.54, 1.807) is 25.3 Å². The number of nitrogens with one attached hydrogen (secondary N) is 1. The highest BCUT2D eigenvalue weighted by atomic mass is 32.2. The number of aliphatic carboxylic acids is 1. The van der Waals surface area contributed by atoms with E-state index >= 15 is 0 Å². The SMILES string of the molecule is COc1ccc(SC(C)C(=O)NCc2cccc(OCC(=O)O)c2)cc1. The molecule has 0 radical (unpaired) electrons. The largest absolute Gasteiger partial charge is 0.497 e. The first-order chi connectivity index (χ1) is 12.5. The van der Waals surface area contributed by atoms with Crippen LogP contribution in [0.2, 0.25) is 0 Å². The van der Waals surface area contributed by atoms with Crippen molar-refractivity contribution >= 4 is 23.6 Å². The number of carbonyl (C=O) groups excluding carboxylic acids is 1. The molecule has 1 amide bonds. The quantitative estimate of drug-likeness (QED) is 0.656. The topological polar surface area (TPSA) is 84.9 Å². The summed E-state index contributed by atoms with van der Waals surface area (Å²) in [5, 5.41) is 11.3. The number of ether oxygens (including phenoxy) is 2. The second kappa shape index (κ2) is 9.72. The Labute approximate surface area is 156 Å². The number of benzene rings is 2. The third-order valence-electron chi connectivity index (χ3n) is 3.47. The van der Waals surface area contributed by atoms with Crippen LogP contribution in [0.15, 0.2) is 53.4 Å². The fourth-order valence-electron chi connectivity index (χ4n) is 2.14. The molecule has 0 heterocycles. The molecule has 1 unspecified atom stereocenters. The highest BCUT2D eigenvalue weighted by Gasteiger charge is 2.14. The minimum absolute atomic E-state index is 0.0809. The third kappa shape index (κ3) is 6.33. The minimum atomic E-state index is -1.03. The minimum Gasteiger partial charge on any atom is -0.497 e. The molecule has 0 bridgehead atoms. The van der Waals surface area contributed by atoms with Crippen LogP contribution in [0.4, 0.5) is 0 Å². The lowest BCUT2D eigenvalue weighted by Crippen LogP contribution is -2.30. The number of amides is 1. The molecule has 138 valence electrons. The van der Waals surface area contributed by atoms with Crippen molar-refractivity contribution < 1.29 is 24.2 Å². The maximum atomic E-state index is 12.3. The van der Waals surface area contributed by atoms with E-state index < -0.39 is 12.6 Å². The number of hydrogen-bond acceptors (Lipinski definition) is 5. The summed E-state index contributed by atoms with van der Waals surface area (Å²) in [4.78, 5) is 23.8. The molecule has 1 atom stereocenters. The van der Waals surface area contributed by atoms with Gasteiger partial charge >= 0.3 is 5.97 Å². The molecule has 0 spiro atoms. The summed E-state index contributed by atoms with van der Waals surface area (Å²) < 4.78 is 10.3. The average molecular weight is 375 g/mol. The predicted molar refractivity (Wildman–Crippen MR) is 99.7 cm³/mol. The smallest absolute Gasteiger partial charge is 0.341 e. The van der Waals surface area contributed by atoms with E-state index in [2.05, 4.69) is 5.32 Å². The average Bonchev–Trinajstić information content (AvgIpc) is 2.65. The Morgan fingerprint density at radius 3 is 2.54 bits per heavy atom. The highest BCUT2D eigenvalue weighted by molar-refractivity contribution is 8.00. The first-order valence-electron chi connectivity index (χ1n) is 8.00. The van der Waals surface area contributed by atoms with Crippen molar-refractivity contribution in [2.45, 2.75) is 23.6 Å². The molecule has 0 saturated carbocycles. The van der Waals surface area contributed by atoms with Gasteiger partial charge in [-0.1, -0.05) is 12.1 Å². The van der Waals surface area contributed by atoms with E-state index in [0.29, 0.717) is 12.3 Å². The zero-order valence-corrected chi connectivity index (χ0v) is 15.4. The van der Waals surface area contributed by atoms with Gasteiger partial charge in [-0.15, -0.1) is 11.8 Å². The van der Waals surface area contributed by atoms with Crippen LogP contribution >= 0.6 is 11.8 Å². The molecule has 0 aliphatic carbocycles. The highest BCUT2D eigenvalue weighted by Crippen LogP contribution is 2.25. The van der Waals surface area contributed by atoms with Gasteiger partial charge in [-0.25, -0.2) is 4.79 Å². The maximum absolute atomic E-state index is 12.3. The van der Waals surface area contributed by atoms with Gasteiger partial charge in [-0.3, -0.25) is 4.79 Å². The zero-order valence-electron chi connectivity index (χ0n) is 14.6. The first kappa shape index (κ1) is 19.7. The van der Waals surface area contributed by atoms with Crippen LogP contribution < -0.4 is 14.8 Å². The molecule has 0 aromatic heterocycles. The fraction of sp³-hybridized carbons (Fsp3) is 0.263. The first-order valence-corrected chi connectivity index (χ1v) is 8.88. The molecule has 0 fully saturated rings. The molecule has 0 aliphatic rings. The van der Waals surface area contributed by atoms with Crippen molar-refractivity contribution in [2.75, 3.05) is 13.7 Å². The van der Waals surface area contributed by atoms with Gasteiger partial charge in [-0.05, 0) is 48.9 Å². The van der Waals surface area contributed by atoms with Crippen LogP contribution in [0.5, 0.6) is 11.5 Å². The lowest BCUT2D eigenvalue weighted by molar-refractivity contribution is -0.139. The molecule has 2 aromatic rings. The van der Waals surface area contributed by atoms with Crippen molar-refractivity contribution in [1.82, 2.24) is 5.32 Å². The summed E-state index contributed by atoms with van der Waals surface area (Å²) in [5.41, 5.74) is 0.836. The lowest BCUT2D eigenvalue weighted by atomic mass is 10.2. The zero-order chi connectivity index (χ0) is 18.9. The molecule has 2 aromatic carbocycles. The fourth-order valence-corrected chi connectivity index (χ4v) is 3.03. The Kier molecular flexibility index (Phi) is 7.35. The van der Waals surface area contributed by atoms with Gasteiger partial charge in [0.05, 0.1) is 12.4 Å². The standard InChI is InChI=1S/C19H21NO5S/c1-13(26-17-8-6-15(24-2)7-9-17)19(23)20-11-14-4-3-5-16(10-14)25-12-18(21)22/h3-10,13H,11-12H2,1-2H3,(H,20,23)(H,21,22). The predicted octanol–water partition coefficient (Wildman–Crippen LogP) is 2.96. The van der Waals surface area contributed by atoms with Gasteiger partial charge in [-0.2, -0.15) is 0 Å². The number of carboxylic acid groups (broad SMARTS) is 1. The van der Waals surface area contributed by atoms with Gasteiger partial charge in [0.1, 0.15) is 11.5 Å². The van der Waals surface area contributed by atoms with Gasteiger partial charge < -0.3 is 19.9 Å². The van der Waals surface area contributed by atoms with E-state index in [4.69, 9.17) is 14.6 Å². The normalized spacial score (nSPS) is 11.5. The Balaban J connectivity index is 1.85. The molecule has 0 aliphatic heterocycles. The van der Waals surface area contributed by atoms with Crippen LogP contribution in [0.1, 0.15) is 12.5 Å². The number of rotatable bonds is 9. The Hall–Kier alpha value is -2.67. The molecule has 26 heavy (non-hydrogen) atoms. The van der Waals surface area contributed by atoms with Crippen molar-refractivity contribution in [3.63, 3.8) is 0 Å². The monoisotopic (exact) mass is 375 g/mol. The Morgan fingerprint density at radius 2 is 1.88 bits per heavy atom. The third-order valence-corrected chi connectivity index (χ3v) is 4.58. The Morgan fingerprint density at radius 1 is 1.15 bits per heavy atom. The summed E-state index contributed by atoms with van der Waals surface area (Å²) in [7, 11) is 1.61. The van der Waals surface area contributed by atoms with Gasteiger partial charge in [0.25, 0.3) is 0 Å². The molecule has 7 heteroatoms. The number of carboxylic acids is 1. The van der Waals surface area contributed by atoms with E-state index in [0.717, 1.165) is 16.2 Å². The maximum Gasteiger partial charge on any atom is 0.341 e. The van der Waals surface area contributed by atoms with Gasteiger partial charge in [0, 0.05) is 11.4 Å². The Bertz CT molecular complexity index is 748. The van der Waals surface area contributed by atoms with E-state index in [9.17, 15) is 9.59 Å². The molecular weight excluding hydrogens is 354 g/mol. The number of hydrogen-bond donors (Lipinski definition) is 2. The van der Waals surface area contributed by atoms with Gasteiger partial charge in [0.2, 0.25) is 5.91 Å². The number of carbonyl (C=O) groups is 2. The second-order valence-electron chi connectivity index (χ2n) is 5.48. The van der Waals surface area contributed by atoms with Crippen molar-refractivity contribution in [3.05, 3.63) is 54.1 Å². The molecule has 2 N–H and O–H groups in total. The van der Waals surface area contributed by atoms with Crippen LogP contribution in [0, 0.1) is 0 Å². The summed E-state index contributed by atoms with van der Waals surface area (Å²) in [6.07, 6.45) is 0. The summed E-state index contributed by atoms with van der Waals surface area (Å²) in [5.74, 6) is 0.118.